The number of hydrogen-bond donors (Lipinski definition) is 1. The van der Waals surface area contributed by atoms with Gasteiger partial charge in [0, 0.05) is 0 Å². The van der Waals surface area contributed by atoms with Gasteiger partial charge >= 0.3 is 0 Å². The molecule has 1 amide bonds. The number of amides is 1. The van der Waals surface area contributed by atoms with Gasteiger partial charge in [-0.15, -0.1) is 0 Å². The van der Waals surface area contributed by atoms with Crippen molar-refractivity contribution in [3.05, 3.63) is 109 Å². The third-order valence-corrected chi connectivity index (χ3v) is 6.67. The zero-order valence-electron chi connectivity index (χ0n) is 17.7. The van der Waals surface area contributed by atoms with Crippen molar-refractivity contribution in [3.63, 3.8) is 0 Å². The smallest absolute Gasteiger partial charge is 0.266 e. The molecule has 0 aromatic heterocycles. The number of halogens is 3. The van der Waals surface area contributed by atoms with E-state index < -0.39 is 11.7 Å². The lowest BCUT2D eigenvalue weighted by atomic mass is 10.1. The molecular formula is C27H17FI2N2O2. The number of hydrogen-bond acceptors (Lipinski definition) is 3. The van der Waals surface area contributed by atoms with Crippen molar-refractivity contribution in [1.82, 2.24) is 0 Å². The Balaban J connectivity index is 1.54. The summed E-state index contributed by atoms with van der Waals surface area (Å²) in [5, 5.41) is 14.2. The molecule has 0 fully saturated rings. The minimum absolute atomic E-state index is 0.0231. The van der Waals surface area contributed by atoms with Crippen LogP contribution in [0.5, 0.6) is 5.75 Å². The van der Waals surface area contributed by atoms with Gasteiger partial charge in [0.05, 0.1) is 12.8 Å². The Morgan fingerprint density at radius 3 is 2.41 bits per heavy atom. The van der Waals surface area contributed by atoms with Crippen molar-refractivity contribution in [2.24, 2.45) is 0 Å². The van der Waals surface area contributed by atoms with Gasteiger partial charge in [0.15, 0.2) is 0 Å². The second kappa shape index (κ2) is 11.0. The van der Waals surface area contributed by atoms with Crippen LogP contribution in [-0.4, -0.2) is 5.91 Å². The molecule has 168 valence electrons. The summed E-state index contributed by atoms with van der Waals surface area (Å²) in [6.45, 7) is 0.414. The van der Waals surface area contributed by atoms with Crippen molar-refractivity contribution in [3.8, 4) is 11.8 Å². The molecule has 0 unspecified atom stereocenters. The normalized spacial score (nSPS) is 11.2. The molecule has 0 aliphatic rings. The van der Waals surface area contributed by atoms with Crippen molar-refractivity contribution < 1.29 is 13.9 Å². The zero-order chi connectivity index (χ0) is 24.1. The highest BCUT2D eigenvalue weighted by Crippen LogP contribution is 2.31. The molecule has 4 aromatic rings. The van der Waals surface area contributed by atoms with Crippen LogP contribution in [0.4, 0.5) is 10.1 Å². The summed E-state index contributed by atoms with van der Waals surface area (Å²) in [5.41, 5.74) is 1.66. The third-order valence-electron chi connectivity index (χ3n) is 5.07. The summed E-state index contributed by atoms with van der Waals surface area (Å²) in [4.78, 5) is 12.5. The Kier molecular flexibility index (Phi) is 7.80. The minimum atomic E-state index is -0.672. The summed E-state index contributed by atoms with van der Waals surface area (Å²) in [6.07, 6.45) is 1.48. The molecule has 0 aliphatic heterocycles. The Bertz CT molecular complexity index is 1430. The monoisotopic (exact) mass is 674 g/mol. The summed E-state index contributed by atoms with van der Waals surface area (Å²) < 4.78 is 21.7. The average Bonchev–Trinajstić information content (AvgIpc) is 2.83. The zero-order valence-corrected chi connectivity index (χ0v) is 22.0. The molecule has 4 rings (SSSR count). The molecule has 34 heavy (non-hydrogen) atoms. The van der Waals surface area contributed by atoms with E-state index in [1.165, 1.54) is 24.3 Å². The number of carbonyl (C=O) groups excluding carboxylic acids is 1. The van der Waals surface area contributed by atoms with Crippen molar-refractivity contribution in [2.75, 3.05) is 5.32 Å². The molecule has 0 spiro atoms. The number of rotatable bonds is 6. The summed E-state index contributed by atoms with van der Waals surface area (Å²) in [6, 6.07) is 25.7. The predicted octanol–water partition coefficient (Wildman–Crippen LogP) is 7.31. The van der Waals surface area contributed by atoms with E-state index in [4.69, 9.17) is 4.74 Å². The van der Waals surface area contributed by atoms with Crippen LogP contribution >= 0.6 is 45.2 Å². The van der Waals surface area contributed by atoms with Gasteiger partial charge in [-0.2, -0.15) is 5.26 Å². The van der Waals surface area contributed by atoms with Gasteiger partial charge < -0.3 is 10.1 Å². The first kappa shape index (κ1) is 24.2. The molecule has 4 aromatic carbocycles. The Labute approximate surface area is 223 Å². The maximum atomic E-state index is 13.8. The van der Waals surface area contributed by atoms with E-state index >= 15 is 0 Å². The van der Waals surface area contributed by atoms with Crippen LogP contribution in [0.25, 0.3) is 16.8 Å². The number of nitriles is 1. The lowest BCUT2D eigenvalue weighted by Gasteiger charge is -2.13. The standard InChI is InChI=1S/C27H17FI2N2O2/c28-22-10-3-4-11-25(22)32-27(33)20(15-31)12-17-13-23(29)26(24(30)14-17)34-16-19-8-5-7-18-6-1-2-9-21(18)19/h1-14H,16H2,(H,32,33)/b20-12+. The molecule has 0 saturated carbocycles. The second-order valence-corrected chi connectivity index (χ2v) is 9.67. The van der Waals surface area contributed by atoms with E-state index in [0.717, 1.165) is 29.2 Å². The summed E-state index contributed by atoms with van der Waals surface area (Å²) in [5.74, 6) is -0.501. The maximum absolute atomic E-state index is 13.8. The lowest BCUT2D eigenvalue weighted by Crippen LogP contribution is -2.14. The molecule has 1 N–H and O–H groups in total. The predicted molar refractivity (Wildman–Crippen MR) is 149 cm³/mol. The van der Waals surface area contributed by atoms with Crippen LogP contribution in [0.1, 0.15) is 11.1 Å². The van der Waals surface area contributed by atoms with Gasteiger partial charge in [-0.3, -0.25) is 4.79 Å². The fourth-order valence-electron chi connectivity index (χ4n) is 3.44. The number of nitrogens with zero attached hydrogens (tertiary/aromatic N) is 1. The van der Waals surface area contributed by atoms with E-state index in [1.807, 2.05) is 42.5 Å². The molecule has 7 heteroatoms. The Hall–Kier alpha value is -2.97. The number of para-hydroxylation sites is 1. The molecular weight excluding hydrogens is 657 g/mol. The maximum Gasteiger partial charge on any atom is 0.266 e. The van der Waals surface area contributed by atoms with E-state index in [9.17, 15) is 14.4 Å². The molecule has 0 saturated heterocycles. The van der Waals surface area contributed by atoms with Crippen LogP contribution in [0.3, 0.4) is 0 Å². The van der Waals surface area contributed by atoms with Crippen molar-refractivity contribution in [1.29, 1.82) is 5.26 Å². The van der Waals surface area contributed by atoms with E-state index in [0.29, 0.717) is 12.2 Å². The molecule has 0 atom stereocenters. The number of benzene rings is 4. The highest BCUT2D eigenvalue weighted by atomic mass is 127. The van der Waals surface area contributed by atoms with Gasteiger partial charge in [0.1, 0.15) is 29.8 Å². The molecule has 0 bridgehead atoms. The molecule has 0 radical (unpaired) electrons. The van der Waals surface area contributed by atoms with Crippen molar-refractivity contribution in [2.45, 2.75) is 6.61 Å². The highest BCUT2D eigenvalue weighted by molar-refractivity contribution is 14.1. The first-order chi connectivity index (χ1) is 16.5. The molecule has 4 nitrogen and oxygen atoms in total. The van der Waals surface area contributed by atoms with Crippen LogP contribution in [0.2, 0.25) is 0 Å². The van der Waals surface area contributed by atoms with Gasteiger partial charge in [-0.25, -0.2) is 4.39 Å². The lowest BCUT2D eigenvalue weighted by molar-refractivity contribution is -0.112. The van der Waals surface area contributed by atoms with E-state index in [-0.39, 0.29) is 11.3 Å². The van der Waals surface area contributed by atoms with Crippen LogP contribution in [0, 0.1) is 24.3 Å². The van der Waals surface area contributed by atoms with Crippen LogP contribution in [0.15, 0.2) is 84.4 Å². The fraction of sp³-hybridized carbons (Fsp3) is 0.0370. The van der Waals surface area contributed by atoms with Crippen molar-refractivity contribution >= 4 is 73.6 Å². The summed E-state index contributed by atoms with van der Waals surface area (Å²) >= 11 is 4.36. The van der Waals surface area contributed by atoms with Gasteiger partial charge in [-0.1, -0.05) is 54.6 Å². The fourth-order valence-corrected chi connectivity index (χ4v) is 5.56. The van der Waals surface area contributed by atoms with Crippen LogP contribution < -0.4 is 10.1 Å². The number of anilines is 1. The third kappa shape index (κ3) is 5.56. The SMILES string of the molecule is N#C/C(=C\c1cc(I)c(OCc2cccc3ccccc23)c(I)c1)C(=O)Nc1ccccc1F. The molecule has 0 aliphatic carbocycles. The quantitative estimate of drug-likeness (QED) is 0.133. The summed E-state index contributed by atoms with van der Waals surface area (Å²) in [7, 11) is 0. The van der Waals surface area contributed by atoms with Gasteiger partial charge in [0.2, 0.25) is 0 Å². The van der Waals surface area contributed by atoms with E-state index in [1.54, 1.807) is 6.07 Å². The van der Waals surface area contributed by atoms with Gasteiger partial charge in [0.25, 0.3) is 5.91 Å². The number of nitrogens with one attached hydrogen (secondary N) is 1. The Morgan fingerprint density at radius 1 is 1.00 bits per heavy atom. The highest BCUT2D eigenvalue weighted by Gasteiger charge is 2.14. The number of fused-ring (bicyclic) bond motifs is 1. The first-order valence-electron chi connectivity index (χ1n) is 10.2. The Morgan fingerprint density at radius 2 is 1.68 bits per heavy atom. The number of carbonyl (C=O) groups is 1. The largest absolute Gasteiger partial charge is 0.487 e. The van der Waals surface area contributed by atoms with Crippen LogP contribution in [-0.2, 0) is 11.4 Å². The average molecular weight is 674 g/mol. The minimum Gasteiger partial charge on any atom is -0.487 e. The first-order valence-corrected chi connectivity index (χ1v) is 12.4. The topological polar surface area (TPSA) is 62.1 Å². The van der Waals surface area contributed by atoms with Gasteiger partial charge in [-0.05, 0) is 97.4 Å². The van der Waals surface area contributed by atoms with E-state index in [2.05, 4.69) is 68.7 Å². The molecule has 0 heterocycles. The number of ether oxygens (including phenoxy) is 1. The second-order valence-electron chi connectivity index (χ2n) is 7.34.